The molecule has 4 rings (SSSR count). The highest BCUT2D eigenvalue weighted by Gasteiger charge is 2.47. The number of amides is 1. The maximum atomic E-state index is 12.6. The van der Waals surface area contributed by atoms with Crippen LogP contribution in [0.3, 0.4) is 0 Å². The molecule has 3 fully saturated rings. The lowest BCUT2D eigenvalue weighted by Crippen LogP contribution is -2.51. The molecular formula is C22H31N3O3. The van der Waals surface area contributed by atoms with Crippen LogP contribution in [0.5, 0.6) is 0 Å². The monoisotopic (exact) mass is 385 g/mol. The van der Waals surface area contributed by atoms with Crippen molar-refractivity contribution in [2.45, 2.75) is 44.2 Å². The quantitative estimate of drug-likeness (QED) is 0.864. The van der Waals surface area contributed by atoms with E-state index in [1.165, 1.54) is 0 Å². The number of nitrogens with zero attached hydrogens (tertiary/aromatic N) is 3. The fourth-order valence-electron chi connectivity index (χ4n) is 5.47. The molecule has 0 radical (unpaired) electrons. The van der Waals surface area contributed by atoms with Gasteiger partial charge in [-0.1, -0.05) is 18.2 Å². The first-order valence-corrected chi connectivity index (χ1v) is 10.5. The van der Waals surface area contributed by atoms with E-state index in [1.54, 1.807) is 0 Å². The molecule has 152 valence electrons. The van der Waals surface area contributed by atoms with Crippen molar-refractivity contribution in [2.75, 3.05) is 39.8 Å². The summed E-state index contributed by atoms with van der Waals surface area (Å²) in [5.41, 5.74) is 0.956. The third-order valence-electron chi connectivity index (χ3n) is 7.18. The minimum Gasteiger partial charge on any atom is -0.480 e. The molecule has 0 aromatic heterocycles. The number of carboxylic acid groups (broad SMARTS) is 1. The van der Waals surface area contributed by atoms with Crippen LogP contribution < -0.4 is 0 Å². The molecule has 0 bridgehead atoms. The first-order chi connectivity index (χ1) is 13.5. The van der Waals surface area contributed by atoms with Gasteiger partial charge in [-0.15, -0.1) is 0 Å². The molecule has 1 aromatic rings. The Bertz CT molecular complexity index is 707. The second-order valence-electron chi connectivity index (χ2n) is 8.90. The van der Waals surface area contributed by atoms with Crippen LogP contribution in [-0.2, 0) is 4.79 Å². The number of aliphatic carboxylic acids is 1. The van der Waals surface area contributed by atoms with Crippen molar-refractivity contribution in [1.82, 2.24) is 14.7 Å². The second-order valence-corrected chi connectivity index (χ2v) is 8.90. The molecular weight excluding hydrogens is 354 g/mol. The van der Waals surface area contributed by atoms with E-state index < -0.39 is 5.97 Å². The Morgan fingerprint density at radius 3 is 2.25 bits per heavy atom. The van der Waals surface area contributed by atoms with Crippen molar-refractivity contribution in [2.24, 2.45) is 5.41 Å². The third-order valence-corrected chi connectivity index (χ3v) is 7.18. The van der Waals surface area contributed by atoms with Crippen molar-refractivity contribution in [3.63, 3.8) is 0 Å². The van der Waals surface area contributed by atoms with Crippen molar-refractivity contribution in [3.8, 4) is 0 Å². The summed E-state index contributed by atoms with van der Waals surface area (Å²) in [7, 11) is 1.94. The first-order valence-electron chi connectivity index (χ1n) is 10.5. The molecule has 1 unspecified atom stereocenters. The molecule has 3 saturated heterocycles. The van der Waals surface area contributed by atoms with Crippen molar-refractivity contribution in [3.05, 3.63) is 35.9 Å². The minimum absolute atomic E-state index is 0.144. The molecule has 1 aromatic carbocycles. The topological polar surface area (TPSA) is 64.1 Å². The Morgan fingerprint density at radius 1 is 1.04 bits per heavy atom. The van der Waals surface area contributed by atoms with Crippen LogP contribution in [0.1, 0.15) is 42.5 Å². The van der Waals surface area contributed by atoms with Gasteiger partial charge in [0, 0.05) is 31.2 Å². The largest absolute Gasteiger partial charge is 0.480 e. The van der Waals surface area contributed by atoms with Crippen LogP contribution in [0, 0.1) is 5.41 Å². The lowest BCUT2D eigenvalue weighted by molar-refractivity contribution is -0.141. The summed E-state index contributed by atoms with van der Waals surface area (Å²) in [6, 6.07) is 9.78. The molecule has 1 spiro atoms. The average Bonchev–Trinajstić information content (AvgIpc) is 3.05. The van der Waals surface area contributed by atoms with Crippen LogP contribution >= 0.6 is 0 Å². The number of hydrogen-bond donors (Lipinski definition) is 1. The highest BCUT2D eigenvalue weighted by Crippen LogP contribution is 2.43. The standard InChI is InChI=1S/C22H31N3O3/c1-23-16-22(15-19(23)21(27)28)9-13-24(14-10-22)18-7-11-25(12-8-18)20(26)17-5-3-2-4-6-17/h2-6,18-19H,7-16H2,1H3,(H,27,28). The van der Waals surface area contributed by atoms with Gasteiger partial charge in [-0.3, -0.25) is 14.5 Å². The number of rotatable bonds is 3. The highest BCUT2D eigenvalue weighted by atomic mass is 16.4. The summed E-state index contributed by atoms with van der Waals surface area (Å²) in [5, 5.41) is 9.42. The van der Waals surface area contributed by atoms with E-state index in [9.17, 15) is 14.7 Å². The minimum atomic E-state index is -0.683. The van der Waals surface area contributed by atoms with Gasteiger partial charge in [0.15, 0.2) is 0 Å². The first kappa shape index (κ1) is 19.4. The second kappa shape index (κ2) is 7.84. The maximum absolute atomic E-state index is 12.6. The van der Waals surface area contributed by atoms with Gasteiger partial charge in [-0.25, -0.2) is 0 Å². The zero-order valence-corrected chi connectivity index (χ0v) is 16.7. The molecule has 3 heterocycles. The average molecular weight is 386 g/mol. The molecule has 1 atom stereocenters. The van der Waals surface area contributed by atoms with E-state index in [2.05, 4.69) is 4.90 Å². The summed E-state index contributed by atoms with van der Waals surface area (Å²) in [4.78, 5) is 30.7. The number of carboxylic acids is 1. The molecule has 6 nitrogen and oxygen atoms in total. The van der Waals surface area contributed by atoms with Gasteiger partial charge in [-0.05, 0) is 69.8 Å². The van der Waals surface area contributed by atoms with Gasteiger partial charge >= 0.3 is 5.97 Å². The predicted octanol–water partition coefficient (Wildman–Crippen LogP) is 2.16. The van der Waals surface area contributed by atoms with E-state index in [0.717, 1.165) is 70.4 Å². The maximum Gasteiger partial charge on any atom is 0.320 e. The van der Waals surface area contributed by atoms with Crippen LogP contribution in [0.25, 0.3) is 0 Å². The Kier molecular flexibility index (Phi) is 5.43. The number of carbonyl (C=O) groups excluding carboxylic acids is 1. The van der Waals surface area contributed by atoms with Crippen LogP contribution in [0.2, 0.25) is 0 Å². The summed E-state index contributed by atoms with van der Waals surface area (Å²) in [6.07, 6.45) is 5.03. The zero-order chi connectivity index (χ0) is 19.7. The molecule has 28 heavy (non-hydrogen) atoms. The zero-order valence-electron chi connectivity index (χ0n) is 16.7. The molecule has 6 heteroatoms. The van der Waals surface area contributed by atoms with Crippen LogP contribution in [0.4, 0.5) is 0 Å². The van der Waals surface area contributed by atoms with Gasteiger partial charge in [0.2, 0.25) is 0 Å². The molecule has 0 saturated carbocycles. The SMILES string of the molecule is CN1CC2(CCN(C3CCN(C(=O)c4ccccc4)CC3)CC2)CC1C(=O)O. The predicted molar refractivity (Wildman–Crippen MR) is 107 cm³/mol. The van der Waals surface area contributed by atoms with Crippen LogP contribution in [-0.4, -0.2) is 83.5 Å². The normalized spacial score (nSPS) is 26.6. The molecule has 1 N–H and O–H groups in total. The number of carbonyl (C=O) groups is 2. The van der Waals surface area contributed by atoms with Gasteiger partial charge in [0.25, 0.3) is 5.91 Å². The lowest BCUT2D eigenvalue weighted by Gasteiger charge is -2.45. The summed E-state index contributed by atoms with van der Waals surface area (Å²) >= 11 is 0. The van der Waals surface area contributed by atoms with Gasteiger partial charge < -0.3 is 14.9 Å². The van der Waals surface area contributed by atoms with Crippen molar-refractivity contribution < 1.29 is 14.7 Å². The number of benzene rings is 1. The summed E-state index contributed by atoms with van der Waals surface area (Å²) in [6.45, 7) is 4.66. The molecule has 3 aliphatic heterocycles. The lowest BCUT2D eigenvalue weighted by atomic mass is 9.76. The highest BCUT2D eigenvalue weighted by molar-refractivity contribution is 5.94. The van der Waals surface area contributed by atoms with E-state index in [1.807, 2.05) is 47.2 Å². The number of likely N-dealkylation sites (N-methyl/N-ethyl adjacent to an activating group) is 1. The smallest absolute Gasteiger partial charge is 0.320 e. The number of piperidine rings is 2. The van der Waals surface area contributed by atoms with E-state index in [4.69, 9.17) is 0 Å². The third kappa shape index (κ3) is 3.80. The Morgan fingerprint density at radius 2 is 1.68 bits per heavy atom. The summed E-state index contributed by atoms with van der Waals surface area (Å²) < 4.78 is 0. The Labute approximate surface area is 167 Å². The number of likely N-dealkylation sites (tertiary alicyclic amines) is 3. The van der Waals surface area contributed by atoms with E-state index in [0.29, 0.717) is 6.04 Å². The van der Waals surface area contributed by atoms with Gasteiger partial charge in [-0.2, -0.15) is 0 Å². The van der Waals surface area contributed by atoms with E-state index >= 15 is 0 Å². The number of hydrogen-bond acceptors (Lipinski definition) is 4. The Balaban J connectivity index is 1.28. The fourth-order valence-corrected chi connectivity index (χ4v) is 5.47. The van der Waals surface area contributed by atoms with Crippen LogP contribution in [0.15, 0.2) is 30.3 Å². The van der Waals surface area contributed by atoms with E-state index in [-0.39, 0.29) is 17.4 Å². The van der Waals surface area contributed by atoms with Crippen molar-refractivity contribution in [1.29, 1.82) is 0 Å². The molecule has 3 aliphatic rings. The summed E-state index contributed by atoms with van der Waals surface area (Å²) in [5.74, 6) is -0.539. The molecule has 0 aliphatic carbocycles. The Hall–Kier alpha value is -1.92. The fraction of sp³-hybridized carbons (Fsp3) is 0.636. The molecule has 1 amide bonds. The van der Waals surface area contributed by atoms with Crippen molar-refractivity contribution >= 4 is 11.9 Å². The van der Waals surface area contributed by atoms with Gasteiger partial charge in [0.05, 0.1) is 0 Å². The van der Waals surface area contributed by atoms with Gasteiger partial charge in [0.1, 0.15) is 6.04 Å².